The third kappa shape index (κ3) is 4.30. The smallest absolute Gasteiger partial charge is 0.220 e. The Morgan fingerprint density at radius 1 is 1.52 bits per heavy atom. The number of rotatable bonds is 5. The predicted octanol–water partition coefficient (Wildman–Crippen LogP) is 2.18. The van der Waals surface area contributed by atoms with E-state index in [0.29, 0.717) is 17.8 Å². The van der Waals surface area contributed by atoms with Crippen molar-refractivity contribution in [1.29, 1.82) is 0 Å². The van der Waals surface area contributed by atoms with Crippen molar-refractivity contribution in [3.8, 4) is 0 Å². The average Bonchev–Trinajstić information content (AvgIpc) is 2.85. The summed E-state index contributed by atoms with van der Waals surface area (Å²) in [6.45, 7) is 4.49. The van der Waals surface area contributed by atoms with Gasteiger partial charge < -0.3 is 10.4 Å². The van der Waals surface area contributed by atoms with Gasteiger partial charge in [0.25, 0.3) is 0 Å². The van der Waals surface area contributed by atoms with Crippen LogP contribution in [0.2, 0.25) is 0 Å². The number of aliphatic hydroxyl groups excluding tert-OH is 1. The minimum absolute atomic E-state index is 0.0277. The Bertz CT molecular complexity index is 472. The van der Waals surface area contributed by atoms with Crippen LogP contribution in [0, 0.1) is 11.3 Å². The van der Waals surface area contributed by atoms with Crippen molar-refractivity contribution in [2.45, 2.75) is 52.0 Å². The summed E-state index contributed by atoms with van der Waals surface area (Å²) in [5.74, 6) is 0.504. The zero-order valence-corrected chi connectivity index (χ0v) is 13.3. The third-order valence-electron chi connectivity index (χ3n) is 4.67. The normalized spacial score (nSPS) is 20.2. The summed E-state index contributed by atoms with van der Waals surface area (Å²) in [7, 11) is 1.81. The van der Waals surface area contributed by atoms with E-state index in [4.69, 9.17) is 0 Å². The van der Waals surface area contributed by atoms with E-state index in [0.717, 1.165) is 18.5 Å². The minimum Gasteiger partial charge on any atom is -0.394 e. The Hall–Kier alpha value is -1.36. The van der Waals surface area contributed by atoms with Gasteiger partial charge in [-0.15, -0.1) is 0 Å². The Balaban J connectivity index is 1.85. The standard InChI is InChI=1S/C16H27N3O2/c1-16(2)7-4-12(5-8-16)10-15(21)18-13(11-20)14-6-9-17-19(14)3/h6,9,12-13,20H,4-5,7-8,10-11H2,1-3H3,(H,18,21). The van der Waals surface area contributed by atoms with E-state index in [1.54, 1.807) is 10.9 Å². The lowest BCUT2D eigenvalue weighted by atomic mass is 9.72. The number of hydrogen-bond acceptors (Lipinski definition) is 3. The average molecular weight is 293 g/mol. The van der Waals surface area contributed by atoms with E-state index in [1.807, 2.05) is 13.1 Å². The quantitative estimate of drug-likeness (QED) is 0.874. The van der Waals surface area contributed by atoms with Crippen LogP contribution in [0.15, 0.2) is 12.3 Å². The molecule has 1 aliphatic carbocycles. The van der Waals surface area contributed by atoms with E-state index in [1.165, 1.54) is 12.8 Å². The van der Waals surface area contributed by atoms with Crippen LogP contribution in [0.5, 0.6) is 0 Å². The maximum absolute atomic E-state index is 12.2. The van der Waals surface area contributed by atoms with Gasteiger partial charge in [-0.3, -0.25) is 9.48 Å². The Kier molecular flexibility index (Phi) is 5.04. The van der Waals surface area contributed by atoms with Gasteiger partial charge in [-0.1, -0.05) is 13.8 Å². The molecule has 1 aromatic rings. The van der Waals surface area contributed by atoms with E-state index in [2.05, 4.69) is 24.3 Å². The van der Waals surface area contributed by atoms with Crippen molar-refractivity contribution < 1.29 is 9.90 Å². The molecule has 5 heteroatoms. The molecule has 1 saturated carbocycles. The van der Waals surface area contributed by atoms with Crippen LogP contribution in [0.3, 0.4) is 0 Å². The van der Waals surface area contributed by atoms with Gasteiger partial charge in [0, 0.05) is 19.7 Å². The molecule has 1 aromatic heterocycles. The van der Waals surface area contributed by atoms with E-state index in [-0.39, 0.29) is 18.6 Å². The summed E-state index contributed by atoms with van der Waals surface area (Å²) < 4.78 is 1.68. The molecule has 1 unspecified atom stereocenters. The highest BCUT2D eigenvalue weighted by Crippen LogP contribution is 2.39. The van der Waals surface area contributed by atoms with Crippen molar-refractivity contribution in [2.24, 2.45) is 18.4 Å². The number of nitrogens with one attached hydrogen (secondary N) is 1. The van der Waals surface area contributed by atoms with Gasteiger partial charge in [-0.2, -0.15) is 5.10 Å². The molecule has 5 nitrogen and oxygen atoms in total. The van der Waals surface area contributed by atoms with Gasteiger partial charge in [0.1, 0.15) is 0 Å². The summed E-state index contributed by atoms with van der Waals surface area (Å²) in [6, 6.07) is 1.45. The van der Waals surface area contributed by atoms with Crippen LogP contribution in [0.4, 0.5) is 0 Å². The molecule has 0 aromatic carbocycles. The molecular formula is C16H27N3O2. The molecule has 1 aliphatic rings. The van der Waals surface area contributed by atoms with Crippen LogP contribution in [0.1, 0.15) is 57.7 Å². The van der Waals surface area contributed by atoms with Crippen molar-refractivity contribution in [3.63, 3.8) is 0 Å². The van der Waals surface area contributed by atoms with E-state index in [9.17, 15) is 9.90 Å². The number of hydrogen-bond donors (Lipinski definition) is 2. The Morgan fingerprint density at radius 3 is 2.71 bits per heavy atom. The second-order valence-corrected chi connectivity index (χ2v) is 6.99. The van der Waals surface area contributed by atoms with Crippen LogP contribution in [-0.4, -0.2) is 27.4 Å². The topological polar surface area (TPSA) is 67.2 Å². The number of aliphatic hydroxyl groups is 1. The molecule has 2 N–H and O–H groups in total. The summed E-state index contributed by atoms with van der Waals surface area (Å²) in [5, 5.41) is 16.5. The second kappa shape index (κ2) is 6.60. The monoisotopic (exact) mass is 293 g/mol. The molecule has 1 heterocycles. The van der Waals surface area contributed by atoms with Crippen LogP contribution in [0.25, 0.3) is 0 Å². The van der Waals surface area contributed by atoms with Crippen molar-refractivity contribution >= 4 is 5.91 Å². The highest BCUT2D eigenvalue weighted by molar-refractivity contribution is 5.76. The second-order valence-electron chi connectivity index (χ2n) is 6.99. The molecule has 0 spiro atoms. The lowest BCUT2D eigenvalue weighted by molar-refractivity contribution is -0.123. The van der Waals surface area contributed by atoms with Gasteiger partial charge >= 0.3 is 0 Å². The minimum atomic E-state index is -0.370. The number of nitrogens with zero attached hydrogens (tertiary/aromatic N) is 2. The molecule has 1 fully saturated rings. The zero-order chi connectivity index (χ0) is 15.5. The Labute approximate surface area is 126 Å². The summed E-state index contributed by atoms with van der Waals surface area (Å²) in [6.07, 6.45) is 6.86. The van der Waals surface area contributed by atoms with Crippen molar-refractivity contribution in [2.75, 3.05) is 6.61 Å². The van der Waals surface area contributed by atoms with Gasteiger partial charge in [-0.25, -0.2) is 0 Å². The van der Waals surface area contributed by atoms with Crippen LogP contribution >= 0.6 is 0 Å². The number of carbonyl (C=O) groups is 1. The van der Waals surface area contributed by atoms with Gasteiger partial charge in [-0.05, 0) is 43.1 Å². The fourth-order valence-electron chi connectivity index (χ4n) is 3.12. The molecule has 0 radical (unpaired) electrons. The lowest BCUT2D eigenvalue weighted by Gasteiger charge is -2.34. The predicted molar refractivity (Wildman–Crippen MR) is 81.5 cm³/mol. The van der Waals surface area contributed by atoms with Gasteiger partial charge in [0.05, 0.1) is 18.3 Å². The molecule has 1 amide bonds. The number of amides is 1. The maximum atomic E-state index is 12.2. The molecule has 0 saturated heterocycles. The molecule has 21 heavy (non-hydrogen) atoms. The van der Waals surface area contributed by atoms with Crippen molar-refractivity contribution in [1.82, 2.24) is 15.1 Å². The van der Waals surface area contributed by atoms with Gasteiger partial charge in [0.15, 0.2) is 0 Å². The first-order valence-electron chi connectivity index (χ1n) is 7.79. The van der Waals surface area contributed by atoms with Crippen LogP contribution in [-0.2, 0) is 11.8 Å². The third-order valence-corrected chi connectivity index (χ3v) is 4.67. The Morgan fingerprint density at radius 2 is 2.19 bits per heavy atom. The lowest BCUT2D eigenvalue weighted by Crippen LogP contribution is -2.34. The fraction of sp³-hybridized carbons (Fsp3) is 0.750. The summed E-state index contributed by atoms with van der Waals surface area (Å²) in [5.41, 5.74) is 1.26. The first kappa shape index (κ1) is 16.0. The van der Waals surface area contributed by atoms with E-state index >= 15 is 0 Å². The molecule has 1 atom stereocenters. The molecule has 2 rings (SSSR count). The number of aromatic nitrogens is 2. The van der Waals surface area contributed by atoms with Crippen molar-refractivity contribution in [3.05, 3.63) is 18.0 Å². The number of carbonyl (C=O) groups excluding carboxylic acids is 1. The zero-order valence-electron chi connectivity index (χ0n) is 13.3. The fourth-order valence-corrected chi connectivity index (χ4v) is 3.12. The molecular weight excluding hydrogens is 266 g/mol. The molecule has 118 valence electrons. The van der Waals surface area contributed by atoms with Crippen LogP contribution < -0.4 is 5.32 Å². The highest BCUT2D eigenvalue weighted by Gasteiger charge is 2.28. The summed E-state index contributed by atoms with van der Waals surface area (Å²) in [4.78, 5) is 12.2. The highest BCUT2D eigenvalue weighted by atomic mass is 16.3. The first-order valence-corrected chi connectivity index (χ1v) is 7.79. The molecule has 0 bridgehead atoms. The maximum Gasteiger partial charge on any atom is 0.220 e. The molecule has 0 aliphatic heterocycles. The SMILES string of the molecule is Cn1nccc1C(CO)NC(=O)CC1CCC(C)(C)CC1. The first-order chi connectivity index (χ1) is 9.91. The van der Waals surface area contributed by atoms with E-state index < -0.39 is 0 Å². The number of aryl methyl sites for hydroxylation is 1. The van der Waals surface area contributed by atoms with Gasteiger partial charge in [0.2, 0.25) is 5.91 Å². The largest absolute Gasteiger partial charge is 0.394 e. The summed E-state index contributed by atoms with van der Waals surface area (Å²) >= 11 is 0.